The van der Waals surface area contributed by atoms with E-state index in [9.17, 15) is 9.59 Å². The van der Waals surface area contributed by atoms with Crippen molar-refractivity contribution >= 4 is 12.1 Å². The number of rotatable bonds is 4. The lowest BCUT2D eigenvalue weighted by Gasteiger charge is -1.97. The highest BCUT2D eigenvalue weighted by molar-refractivity contribution is 5.97. The van der Waals surface area contributed by atoms with Crippen LogP contribution in [0.3, 0.4) is 0 Å². The van der Waals surface area contributed by atoms with Gasteiger partial charge in [-0.05, 0) is 26.0 Å². The number of H-pyrrole nitrogens is 1. The summed E-state index contributed by atoms with van der Waals surface area (Å²) in [4.78, 5) is 25.2. The molecule has 0 unspecified atom stereocenters. The Labute approximate surface area is 97.8 Å². The number of nitrogens with one attached hydrogen (secondary N) is 1. The maximum absolute atomic E-state index is 11.9. The predicted molar refractivity (Wildman–Crippen MR) is 60.2 cm³/mol. The Balaban J connectivity index is 2.19. The van der Waals surface area contributed by atoms with Gasteiger partial charge in [0.2, 0.25) is 0 Å². The summed E-state index contributed by atoms with van der Waals surface area (Å²) < 4.78 is 4.99. The van der Waals surface area contributed by atoms with Crippen LogP contribution in [0.15, 0.2) is 16.7 Å². The molecule has 0 amide bonds. The summed E-state index contributed by atoms with van der Waals surface area (Å²) in [6.45, 7) is 3.57. The quantitative estimate of drug-likeness (QED) is 0.644. The van der Waals surface area contributed by atoms with Crippen molar-refractivity contribution in [2.75, 3.05) is 0 Å². The van der Waals surface area contributed by atoms with Crippen LogP contribution in [-0.2, 0) is 6.42 Å². The standard InChI is InChI=1S/C12H12N2O3/c1-7-10(8(2)17-14-7)5-12(16)11-4-3-9(6-15)13-11/h3-4,6,13H,5H2,1-2H3. The van der Waals surface area contributed by atoms with Gasteiger partial charge in [0.25, 0.3) is 0 Å². The Hall–Kier alpha value is -2.17. The number of nitrogens with zero attached hydrogens (tertiary/aromatic N) is 1. The van der Waals surface area contributed by atoms with Crippen molar-refractivity contribution in [3.8, 4) is 0 Å². The van der Waals surface area contributed by atoms with Crippen LogP contribution in [0, 0.1) is 13.8 Å². The minimum Gasteiger partial charge on any atom is -0.361 e. The van der Waals surface area contributed by atoms with Crippen LogP contribution in [-0.4, -0.2) is 22.2 Å². The number of aromatic amines is 1. The second-order valence-electron chi connectivity index (χ2n) is 3.85. The van der Waals surface area contributed by atoms with E-state index in [2.05, 4.69) is 10.1 Å². The van der Waals surface area contributed by atoms with E-state index in [1.54, 1.807) is 26.0 Å². The first kappa shape index (κ1) is 11.3. The molecule has 17 heavy (non-hydrogen) atoms. The summed E-state index contributed by atoms with van der Waals surface area (Å²) in [5.74, 6) is 0.561. The van der Waals surface area contributed by atoms with Crippen molar-refractivity contribution in [2.45, 2.75) is 20.3 Å². The van der Waals surface area contributed by atoms with Crippen LogP contribution >= 0.6 is 0 Å². The van der Waals surface area contributed by atoms with Crippen LogP contribution in [0.2, 0.25) is 0 Å². The number of ketones is 1. The van der Waals surface area contributed by atoms with Gasteiger partial charge in [-0.3, -0.25) is 9.59 Å². The monoisotopic (exact) mass is 232 g/mol. The van der Waals surface area contributed by atoms with E-state index in [1.807, 2.05) is 0 Å². The Morgan fingerprint density at radius 2 is 2.24 bits per heavy atom. The van der Waals surface area contributed by atoms with Crippen LogP contribution in [0.5, 0.6) is 0 Å². The first-order chi connectivity index (χ1) is 8.11. The zero-order valence-corrected chi connectivity index (χ0v) is 9.61. The molecule has 0 aliphatic rings. The van der Waals surface area contributed by atoms with Gasteiger partial charge in [0.15, 0.2) is 12.1 Å². The molecule has 2 aromatic heterocycles. The maximum Gasteiger partial charge on any atom is 0.183 e. The van der Waals surface area contributed by atoms with Gasteiger partial charge < -0.3 is 9.51 Å². The molecular weight excluding hydrogens is 220 g/mol. The zero-order chi connectivity index (χ0) is 12.4. The molecule has 0 bridgehead atoms. The first-order valence-corrected chi connectivity index (χ1v) is 5.21. The smallest absolute Gasteiger partial charge is 0.183 e. The summed E-state index contributed by atoms with van der Waals surface area (Å²) >= 11 is 0. The first-order valence-electron chi connectivity index (χ1n) is 5.21. The molecule has 0 fully saturated rings. The number of aromatic nitrogens is 2. The summed E-state index contributed by atoms with van der Waals surface area (Å²) in [5.41, 5.74) is 2.34. The van der Waals surface area contributed by atoms with Gasteiger partial charge in [0.1, 0.15) is 5.76 Å². The van der Waals surface area contributed by atoms with Gasteiger partial charge in [0.05, 0.1) is 17.1 Å². The minimum atomic E-state index is -0.0903. The lowest BCUT2D eigenvalue weighted by atomic mass is 10.1. The Kier molecular flexibility index (Phi) is 2.91. The van der Waals surface area contributed by atoms with Crippen LogP contribution in [0.25, 0.3) is 0 Å². The Morgan fingerprint density at radius 3 is 2.76 bits per heavy atom. The van der Waals surface area contributed by atoms with Crippen LogP contribution in [0.4, 0.5) is 0 Å². The third-order valence-corrected chi connectivity index (χ3v) is 2.65. The fourth-order valence-electron chi connectivity index (χ4n) is 1.65. The maximum atomic E-state index is 11.9. The molecule has 1 N–H and O–H groups in total. The second-order valence-corrected chi connectivity index (χ2v) is 3.85. The topological polar surface area (TPSA) is 76.0 Å². The van der Waals surface area contributed by atoms with E-state index in [1.165, 1.54) is 0 Å². The number of aryl methyl sites for hydroxylation is 2. The third-order valence-electron chi connectivity index (χ3n) is 2.65. The fourth-order valence-corrected chi connectivity index (χ4v) is 1.65. The zero-order valence-electron chi connectivity index (χ0n) is 9.61. The summed E-state index contributed by atoms with van der Waals surface area (Å²) in [6, 6.07) is 3.18. The molecule has 5 nitrogen and oxygen atoms in total. The molecule has 0 radical (unpaired) electrons. The van der Waals surface area contributed by atoms with Crippen molar-refractivity contribution < 1.29 is 14.1 Å². The molecule has 5 heteroatoms. The number of hydrogen-bond acceptors (Lipinski definition) is 4. The molecule has 0 aliphatic carbocycles. The number of carbonyl (C=O) groups is 2. The summed E-state index contributed by atoms with van der Waals surface area (Å²) in [7, 11) is 0. The number of Topliss-reactive ketones (excluding diaryl/α,β-unsaturated/α-hetero) is 1. The lowest BCUT2D eigenvalue weighted by molar-refractivity contribution is 0.0988. The lowest BCUT2D eigenvalue weighted by Crippen LogP contribution is -2.05. The van der Waals surface area contributed by atoms with E-state index >= 15 is 0 Å². The molecule has 2 aromatic rings. The van der Waals surface area contributed by atoms with Gasteiger partial charge in [-0.1, -0.05) is 5.16 Å². The van der Waals surface area contributed by atoms with Crippen molar-refractivity contribution in [1.82, 2.24) is 10.1 Å². The van der Waals surface area contributed by atoms with Gasteiger partial charge >= 0.3 is 0 Å². The van der Waals surface area contributed by atoms with E-state index in [-0.39, 0.29) is 12.2 Å². The molecular formula is C12H12N2O3. The van der Waals surface area contributed by atoms with E-state index in [0.717, 1.165) is 11.3 Å². The summed E-state index contributed by atoms with van der Waals surface area (Å²) in [5, 5.41) is 3.79. The van der Waals surface area contributed by atoms with E-state index in [4.69, 9.17) is 4.52 Å². The van der Waals surface area contributed by atoms with E-state index < -0.39 is 0 Å². The SMILES string of the molecule is Cc1noc(C)c1CC(=O)c1ccc(C=O)[nH]1. The molecule has 2 heterocycles. The minimum absolute atomic E-state index is 0.0903. The van der Waals surface area contributed by atoms with Gasteiger partial charge in [-0.15, -0.1) is 0 Å². The number of aldehydes is 1. The molecule has 2 rings (SSSR count). The largest absolute Gasteiger partial charge is 0.361 e. The Morgan fingerprint density at radius 1 is 1.47 bits per heavy atom. The van der Waals surface area contributed by atoms with Gasteiger partial charge in [0, 0.05) is 12.0 Å². The Bertz CT molecular complexity index is 547. The number of carbonyl (C=O) groups excluding carboxylic acids is 2. The van der Waals surface area contributed by atoms with Crippen LogP contribution < -0.4 is 0 Å². The average molecular weight is 232 g/mol. The van der Waals surface area contributed by atoms with Crippen molar-refractivity contribution in [2.24, 2.45) is 0 Å². The highest BCUT2D eigenvalue weighted by Crippen LogP contribution is 2.15. The molecule has 0 spiro atoms. The molecule has 0 saturated carbocycles. The predicted octanol–water partition coefficient (Wildman–Crippen LogP) is 1.86. The molecule has 0 saturated heterocycles. The highest BCUT2D eigenvalue weighted by Gasteiger charge is 2.15. The third kappa shape index (κ3) is 2.18. The molecule has 88 valence electrons. The van der Waals surface area contributed by atoms with Gasteiger partial charge in [-0.2, -0.15) is 0 Å². The molecule has 0 aromatic carbocycles. The molecule has 0 aliphatic heterocycles. The van der Waals surface area contributed by atoms with Crippen molar-refractivity contribution in [1.29, 1.82) is 0 Å². The van der Waals surface area contributed by atoms with E-state index in [0.29, 0.717) is 23.4 Å². The second kappa shape index (κ2) is 4.37. The highest BCUT2D eigenvalue weighted by atomic mass is 16.5. The number of hydrogen-bond donors (Lipinski definition) is 1. The van der Waals surface area contributed by atoms with Gasteiger partial charge in [-0.25, -0.2) is 0 Å². The fraction of sp³-hybridized carbons (Fsp3) is 0.250. The van der Waals surface area contributed by atoms with Crippen molar-refractivity contribution in [3.05, 3.63) is 40.5 Å². The van der Waals surface area contributed by atoms with Crippen molar-refractivity contribution in [3.63, 3.8) is 0 Å². The van der Waals surface area contributed by atoms with Crippen LogP contribution in [0.1, 0.15) is 38.0 Å². The average Bonchev–Trinajstić information content (AvgIpc) is 2.90. The molecule has 0 atom stereocenters. The normalized spacial score (nSPS) is 10.5. The summed E-state index contributed by atoms with van der Waals surface area (Å²) in [6.07, 6.45) is 0.895.